The van der Waals surface area contributed by atoms with Crippen molar-refractivity contribution < 1.29 is 23.9 Å². The highest BCUT2D eigenvalue weighted by Crippen LogP contribution is 2.28. The molecule has 1 fully saturated rings. The van der Waals surface area contributed by atoms with Crippen LogP contribution in [0.2, 0.25) is 0 Å². The molecule has 0 saturated carbocycles. The number of esters is 2. The molecular formula is C17H19NO5S2. The van der Waals surface area contributed by atoms with E-state index in [1.165, 1.54) is 40.8 Å². The molecule has 1 saturated heterocycles. The summed E-state index contributed by atoms with van der Waals surface area (Å²) >= 11 is 2.89. The first-order valence-electron chi connectivity index (χ1n) is 7.63. The predicted octanol–water partition coefficient (Wildman–Crippen LogP) is 2.59. The van der Waals surface area contributed by atoms with Gasteiger partial charge >= 0.3 is 11.9 Å². The highest BCUT2D eigenvalue weighted by atomic mass is 32.2. The van der Waals surface area contributed by atoms with Crippen LogP contribution in [-0.2, 0) is 23.9 Å². The fourth-order valence-corrected chi connectivity index (χ4v) is 3.80. The number of thiophene rings is 1. The number of carbonyl (C=O) groups is 3. The Kier molecular flexibility index (Phi) is 7.27. The molecular weight excluding hydrogens is 362 g/mol. The normalized spacial score (nSPS) is 16.0. The first kappa shape index (κ1) is 19.3. The van der Waals surface area contributed by atoms with E-state index in [2.05, 4.69) is 4.74 Å². The number of ether oxygens (including phenoxy) is 2. The second-order valence-electron chi connectivity index (χ2n) is 5.14. The van der Waals surface area contributed by atoms with Crippen LogP contribution < -0.4 is 0 Å². The zero-order chi connectivity index (χ0) is 18.2. The Morgan fingerprint density at radius 3 is 2.80 bits per heavy atom. The second-order valence-corrected chi connectivity index (χ2v) is 7.46. The van der Waals surface area contributed by atoms with E-state index in [0.29, 0.717) is 23.7 Å². The smallest absolute Gasteiger partial charge is 0.333 e. The average molecular weight is 381 g/mol. The summed E-state index contributed by atoms with van der Waals surface area (Å²) in [7, 11) is 1.29. The maximum absolute atomic E-state index is 11.8. The molecule has 2 rings (SSSR count). The molecule has 1 aliphatic rings. The number of carbonyl (C=O) groups excluding carboxylic acids is 3. The van der Waals surface area contributed by atoms with Gasteiger partial charge < -0.3 is 14.4 Å². The van der Waals surface area contributed by atoms with Crippen molar-refractivity contribution in [1.82, 2.24) is 4.90 Å². The maximum Gasteiger partial charge on any atom is 0.333 e. The highest BCUT2D eigenvalue weighted by molar-refractivity contribution is 8.04. The molecule has 0 atom stereocenters. The average Bonchev–Trinajstić information content (AvgIpc) is 3.16. The van der Waals surface area contributed by atoms with Gasteiger partial charge in [-0.25, -0.2) is 9.59 Å². The molecule has 6 nitrogen and oxygen atoms in total. The fourth-order valence-electron chi connectivity index (χ4n) is 2.07. The number of aryl methyl sites for hydroxylation is 1. The van der Waals surface area contributed by atoms with E-state index in [0.717, 1.165) is 4.88 Å². The summed E-state index contributed by atoms with van der Waals surface area (Å²) in [6, 6.07) is 3.93. The summed E-state index contributed by atoms with van der Waals surface area (Å²) in [5.41, 5.74) is 0. The summed E-state index contributed by atoms with van der Waals surface area (Å²) in [4.78, 5) is 38.5. The molecule has 0 bridgehead atoms. The largest absolute Gasteiger partial charge is 0.466 e. The fraction of sp³-hybridized carbons (Fsp3) is 0.353. The van der Waals surface area contributed by atoms with E-state index in [4.69, 9.17) is 4.74 Å². The third kappa shape index (κ3) is 6.06. The summed E-state index contributed by atoms with van der Waals surface area (Å²) < 4.78 is 9.70. The number of nitrogens with zero attached hydrogens (tertiary/aromatic N) is 1. The molecule has 1 aliphatic heterocycles. The van der Waals surface area contributed by atoms with Crippen LogP contribution in [-0.4, -0.2) is 48.8 Å². The third-order valence-electron chi connectivity index (χ3n) is 3.27. The van der Waals surface area contributed by atoms with Crippen molar-refractivity contribution in [3.8, 4) is 0 Å². The molecule has 1 aromatic rings. The molecule has 0 unspecified atom stereocenters. The molecule has 1 aromatic heterocycles. The molecule has 2 heterocycles. The van der Waals surface area contributed by atoms with E-state index in [-0.39, 0.29) is 12.5 Å². The summed E-state index contributed by atoms with van der Waals surface area (Å²) in [6.07, 6.45) is 4.90. The molecule has 0 aliphatic carbocycles. The van der Waals surface area contributed by atoms with Gasteiger partial charge in [0.25, 0.3) is 0 Å². The van der Waals surface area contributed by atoms with Crippen molar-refractivity contribution >= 4 is 47.0 Å². The van der Waals surface area contributed by atoms with Gasteiger partial charge in [-0.05, 0) is 31.6 Å². The Morgan fingerprint density at radius 1 is 1.32 bits per heavy atom. The number of thioether (sulfide) groups is 1. The predicted molar refractivity (Wildman–Crippen MR) is 97.9 cm³/mol. The number of amides is 1. The van der Waals surface area contributed by atoms with E-state index in [9.17, 15) is 14.4 Å². The number of rotatable bonds is 7. The molecule has 25 heavy (non-hydrogen) atoms. The Balaban J connectivity index is 1.75. The van der Waals surface area contributed by atoms with Crippen LogP contribution in [0.5, 0.6) is 0 Å². The Hall–Kier alpha value is -2.06. The van der Waals surface area contributed by atoms with Crippen LogP contribution in [0.15, 0.2) is 29.3 Å². The quantitative estimate of drug-likeness (QED) is 0.411. The van der Waals surface area contributed by atoms with Crippen LogP contribution >= 0.6 is 23.1 Å². The van der Waals surface area contributed by atoms with Gasteiger partial charge in [-0.15, -0.1) is 11.3 Å². The van der Waals surface area contributed by atoms with Crippen molar-refractivity contribution in [2.45, 2.75) is 13.3 Å². The van der Waals surface area contributed by atoms with Crippen LogP contribution in [0.1, 0.15) is 16.2 Å². The van der Waals surface area contributed by atoms with Crippen LogP contribution in [0, 0.1) is 6.92 Å². The van der Waals surface area contributed by atoms with Crippen molar-refractivity contribution in [1.29, 1.82) is 0 Å². The van der Waals surface area contributed by atoms with E-state index in [1.807, 2.05) is 19.1 Å². The van der Waals surface area contributed by atoms with E-state index in [1.54, 1.807) is 17.4 Å². The molecule has 0 N–H and O–H groups in total. The minimum atomic E-state index is -0.498. The number of hydrogen-bond acceptors (Lipinski definition) is 7. The lowest BCUT2D eigenvalue weighted by Gasteiger charge is -2.16. The topological polar surface area (TPSA) is 72.9 Å². The molecule has 0 spiro atoms. The van der Waals surface area contributed by atoms with E-state index < -0.39 is 11.9 Å². The van der Waals surface area contributed by atoms with Gasteiger partial charge in [-0.1, -0.05) is 11.8 Å². The zero-order valence-corrected chi connectivity index (χ0v) is 15.7. The number of methoxy groups -OCH3 is 1. The highest BCUT2D eigenvalue weighted by Gasteiger charge is 2.26. The molecule has 8 heteroatoms. The third-order valence-corrected chi connectivity index (χ3v) is 5.26. The van der Waals surface area contributed by atoms with Gasteiger partial charge in [0.1, 0.15) is 0 Å². The summed E-state index contributed by atoms with van der Waals surface area (Å²) in [6.45, 7) is 2.59. The van der Waals surface area contributed by atoms with Crippen molar-refractivity contribution in [2.24, 2.45) is 0 Å². The van der Waals surface area contributed by atoms with Crippen molar-refractivity contribution in [2.75, 3.05) is 26.0 Å². The lowest BCUT2D eigenvalue weighted by atomic mass is 10.4. The molecule has 134 valence electrons. The molecule has 0 radical (unpaired) electrons. The van der Waals surface area contributed by atoms with Gasteiger partial charge in [0.05, 0.1) is 30.6 Å². The van der Waals surface area contributed by atoms with Gasteiger partial charge in [0, 0.05) is 22.4 Å². The Morgan fingerprint density at radius 2 is 2.12 bits per heavy atom. The van der Waals surface area contributed by atoms with Crippen LogP contribution in [0.25, 0.3) is 6.08 Å². The molecule has 0 aromatic carbocycles. The Labute approximate surface area is 154 Å². The van der Waals surface area contributed by atoms with Crippen molar-refractivity contribution in [3.63, 3.8) is 0 Å². The Bertz CT molecular complexity index is 708. The monoisotopic (exact) mass is 381 g/mol. The van der Waals surface area contributed by atoms with Gasteiger partial charge in [-0.2, -0.15) is 0 Å². The van der Waals surface area contributed by atoms with E-state index >= 15 is 0 Å². The van der Waals surface area contributed by atoms with Gasteiger partial charge in [0.15, 0.2) is 0 Å². The lowest BCUT2D eigenvalue weighted by molar-refractivity contribution is -0.138. The lowest BCUT2D eigenvalue weighted by Crippen LogP contribution is -2.27. The van der Waals surface area contributed by atoms with Crippen LogP contribution in [0.3, 0.4) is 0 Å². The second kappa shape index (κ2) is 9.43. The first-order chi connectivity index (χ1) is 12.0. The zero-order valence-electron chi connectivity index (χ0n) is 14.0. The summed E-state index contributed by atoms with van der Waals surface area (Å²) in [5, 5.41) is 0.566. The minimum absolute atomic E-state index is 0.0700. The molecule has 1 amide bonds. The van der Waals surface area contributed by atoms with Crippen molar-refractivity contribution in [3.05, 3.63) is 39.1 Å². The van der Waals surface area contributed by atoms with Crippen LogP contribution in [0.4, 0.5) is 0 Å². The first-order valence-corrected chi connectivity index (χ1v) is 9.44. The maximum atomic E-state index is 11.8. The van der Waals surface area contributed by atoms with Gasteiger partial charge in [-0.3, -0.25) is 4.79 Å². The SMILES string of the molecule is COC(=O)/C=C1/SCC(=O)N1CCCOC(=O)/C=C/c1ccc(C)s1. The minimum Gasteiger partial charge on any atom is -0.466 e. The summed E-state index contributed by atoms with van der Waals surface area (Å²) in [5.74, 6) is -0.688. The standard InChI is InChI=1S/C17H19NO5S2/c1-12-4-5-13(25-12)6-7-16(20)23-9-3-8-18-14(19)11-24-15(18)10-17(21)22-2/h4-7,10H,3,8-9,11H2,1-2H3/b7-6+,15-10+. The van der Waals surface area contributed by atoms with Gasteiger partial charge in [0.2, 0.25) is 5.91 Å². The number of hydrogen-bond donors (Lipinski definition) is 0.